The molecule has 0 bridgehead atoms. The van der Waals surface area contributed by atoms with Crippen molar-refractivity contribution in [2.24, 2.45) is 0 Å². The van der Waals surface area contributed by atoms with Gasteiger partial charge in [-0.15, -0.1) is 0 Å². The van der Waals surface area contributed by atoms with Gasteiger partial charge in [-0.3, -0.25) is 10.1 Å². The van der Waals surface area contributed by atoms with E-state index in [1.165, 1.54) is 12.1 Å². The first-order chi connectivity index (χ1) is 12.5. The third kappa shape index (κ3) is 5.44. The quantitative estimate of drug-likeness (QED) is 0.559. The highest BCUT2D eigenvalue weighted by atomic mass is 16.6. The third-order valence-electron chi connectivity index (χ3n) is 3.92. The fraction of sp³-hybridized carbons (Fsp3) is 0.333. The number of benzene rings is 1. The predicted molar refractivity (Wildman–Crippen MR) is 100.0 cm³/mol. The van der Waals surface area contributed by atoms with E-state index in [0.29, 0.717) is 12.1 Å². The Kier molecular flexibility index (Phi) is 6.90. The van der Waals surface area contributed by atoms with Crippen molar-refractivity contribution in [3.8, 4) is 0 Å². The molecule has 2 rings (SSSR count). The molecule has 1 heterocycles. The topological polar surface area (TPSA) is 100 Å². The number of carbonyl (C=O) groups is 1. The first-order valence-corrected chi connectivity index (χ1v) is 8.48. The largest absolute Gasteiger partial charge is 0.357 e. The van der Waals surface area contributed by atoms with Gasteiger partial charge in [0.15, 0.2) is 0 Å². The van der Waals surface area contributed by atoms with Crippen LogP contribution in [0.2, 0.25) is 0 Å². The van der Waals surface area contributed by atoms with Gasteiger partial charge in [-0.2, -0.15) is 0 Å². The number of nitrogens with one attached hydrogen (secondary N) is 2. The average molecular weight is 357 g/mol. The van der Waals surface area contributed by atoms with Crippen molar-refractivity contribution in [1.29, 1.82) is 0 Å². The van der Waals surface area contributed by atoms with Crippen molar-refractivity contribution in [1.82, 2.24) is 15.6 Å². The zero-order valence-electron chi connectivity index (χ0n) is 14.9. The van der Waals surface area contributed by atoms with Crippen LogP contribution in [-0.2, 0) is 13.1 Å². The standard InChI is InChI=1S/C18H23N5O3/c1-3-22(4-2)17-9-8-15(12-19-17)13-21-18(24)20-11-14-6-5-7-16(10-14)23(25)26/h5-10,12H,3-4,11,13H2,1-2H3,(H2,20,21,24). The van der Waals surface area contributed by atoms with E-state index < -0.39 is 4.92 Å². The summed E-state index contributed by atoms with van der Waals surface area (Å²) in [5.41, 5.74) is 1.56. The number of carbonyl (C=O) groups excluding carboxylic acids is 1. The molecule has 0 unspecified atom stereocenters. The fourth-order valence-electron chi connectivity index (χ4n) is 2.46. The molecule has 1 aromatic heterocycles. The molecule has 2 amide bonds. The summed E-state index contributed by atoms with van der Waals surface area (Å²) in [6.07, 6.45) is 1.74. The molecule has 138 valence electrons. The molecule has 0 atom stereocenters. The number of urea groups is 1. The van der Waals surface area contributed by atoms with E-state index in [9.17, 15) is 14.9 Å². The van der Waals surface area contributed by atoms with Gasteiger partial charge in [0.25, 0.3) is 5.69 Å². The fourth-order valence-corrected chi connectivity index (χ4v) is 2.46. The van der Waals surface area contributed by atoms with Crippen LogP contribution in [0.15, 0.2) is 42.6 Å². The van der Waals surface area contributed by atoms with Crippen molar-refractivity contribution in [2.45, 2.75) is 26.9 Å². The Morgan fingerprint density at radius 1 is 1.12 bits per heavy atom. The molecule has 2 aromatic rings. The molecular weight excluding hydrogens is 334 g/mol. The highest BCUT2D eigenvalue weighted by Gasteiger charge is 2.07. The molecule has 8 heteroatoms. The number of nitro benzene ring substituents is 1. The SMILES string of the molecule is CCN(CC)c1ccc(CNC(=O)NCc2cccc([N+](=O)[O-])c2)cn1. The summed E-state index contributed by atoms with van der Waals surface area (Å²) in [5, 5.41) is 16.2. The summed E-state index contributed by atoms with van der Waals surface area (Å²) >= 11 is 0. The second kappa shape index (κ2) is 9.36. The Bertz CT molecular complexity index is 745. The summed E-state index contributed by atoms with van der Waals surface area (Å²) in [5.74, 6) is 0.911. The van der Waals surface area contributed by atoms with Gasteiger partial charge in [0.05, 0.1) is 4.92 Å². The maximum absolute atomic E-state index is 11.9. The molecule has 0 saturated carbocycles. The van der Waals surface area contributed by atoms with Crippen LogP contribution >= 0.6 is 0 Å². The van der Waals surface area contributed by atoms with Gasteiger partial charge in [0, 0.05) is 44.5 Å². The third-order valence-corrected chi connectivity index (χ3v) is 3.92. The molecule has 0 aliphatic rings. The second-order valence-electron chi connectivity index (χ2n) is 5.66. The van der Waals surface area contributed by atoms with Crippen LogP contribution in [0.25, 0.3) is 0 Å². The maximum atomic E-state index is 11.9. The normalized spacial score (nSPS) is 10.2. The number of amides is 2. The van der Waals surface area contributed by atoms with Crippen LogP contribution in [-0.4, -0.2) is 29.0 Å². The number of non-ortho nitro benzene ring substituents is 1. The van der Waals surface area contributed by atoms with E-state index in [2.05, 4.69) is 34.4 Å². The first-order valence-electron chi connectivity index (χ1n) is 8.48. The molecule has 2 N–H and O–H groups in total. The van der Waals surface area contributed by atoms with E-state index in [1.54, 1.807) is 18.3 Å². The van der Waals surface area contributed by atoms with Gasteiger partial charge in [0.2, 0.25) is 0 Å². The van der Waals surface area contributed by atoms with Crippen molar-refractivity contribution in [3.63, 3.8) is 0 Å². The number of nitro groups is 1. The van der Waals surface area contributed by atoms with Crippen LogP contribution < -0.4 is 15.5 Å². The van der Waals surface area contributed by atoms with Crippen LogP contribution in [0.1, 0.15) is 25.0 Å². The lowest BCUT2D eigenvalue weighted by atomic mass is 10.2. The number of nitrogens with zero attached hydrogens (tertiary/aromatic N) is 3. The second-order valence-corrected chi connectivity index (χ2v) is 5.66. The minimum absolute atomic E-state index is 0.00377. The van der Waals surface area contributed by atoms with Crippen molar-refractivity contribution < 1.29 is 9.72 Å². The van der Waals surface area contributed by atoms with Gasteiger partial charge < -0.3 is 15.5 Å². The molecule has 0 aliphatic heterocycles. The van der Waals surface area contributed by atoms with Crippen LogP contribution in [0.3, 0.4) is 0 Å². The van der Waals surface area contributed by atoms with Gasteiger partial charge in [-0.25, -0.2) is 9.78 Å². The van der Waals surface area contributed by atoms with Crippen LogP contribution in [0, 0.1) is 10.1 Å². The minimum atomic E-state index is -0.460. The highest BCUT2D eigenvalue weighted by Crippen LogP contribution is 2.13. The van der Waals surface area contributed by atoms with Gasteiger partial charge in [0.1, 0.15) is 5.82 Å². The Labute approximate surface area is 152 Å². The number of rotatable bonds is 8. The van der Waals surface area contributed by atoms with Gasteiger partial charge in [-0.05, 0) is 31.0 Å². The zero-order valence-corrected chi connectivity index (χ0v) is 14.9. The number of aromatic nitrogens is 1. The molecule has 8 nitrogen and oxygen atoms in total. The lowest BCUT2D eigenvalue weighted by Gasteiger charge is -2.19. The van der Waals surface area contributed by atoms with E-state index in [-0.39, 0.29) is 18.3 Å². The number of pyridine rings is 1. The van der Waals surface area contributed by atoms with Crippen LogP contribution in [0.4, 0.5) is 16.3 Å². The Morgan fingerprint density at radius 2 is 1.81 bits per heavy atom. The minimum Gasteiger partial charge on any atom is -0.357 e. The molecule has 0 fully saturated rings. The van der Waals surface area contributed by atoms with Crippen molar-refractivity contribution in [3.05, 3.63) is 63.8 Å². The van der Waals surface area contributed by atoms with Crippen LogP contribution in [0.5, 0.6) is 0 Å². The lowest BCUT2D eigenvalue weighted by molar-refractivity contribution is -0.384. The van der Waals surface area contributed by atoms with Gasteiger partial charge >= 0.3 is 6.03 Å². The van der Waals surface area contributed by atoms with E-state index in [4.69, 9.17) is 0 Å². The van der Waals surface area contributed by atoms with Crippen molar-refractivity contribution >= 4 is 17.5 Å². The molecule has 0 radical (unpaired) electrons. The summed E-state index contributed by atoms with van der Waals surface area (Å²) in [7, 11) is 0. The summed E-state index contributed by atoms with van der Waals surface area (Å²) < 4.78 is 0. The Balaban J connectivity index is 1.81. The lowest BCUT2D eigenvalue weighted by Crippen LogP contribution is -2.34. The Morgan fingerprint density at radius 3 is 2.38 bits per heavy atom. The average Bonchev–Trinajstić information content (AvgIpc) is 2.67. The predicted octanol–water partition coefficient (Wildman–Crippen LogP) is 2.84. The zero-order chi connectivity index (χ0) is 18.9. The first kappa shape index (κ1) is 19.2. The van der Waals surface area contributed by atoms with E-state index >= 15 is 0 Å². The molecule has 26 heavy (non-hydrogen) atoms. The smallest absolute Gasteiger partial charge is 0.315 e. The number of hydrogen-bond donors (Lipinski definition) is 2. The van der Waals surface area contributed by atoms with E-state index in [1.807, 2.05) is 12.1 Å². The molecule has 0 aliphatic carbocycles. The Hall–Kier alpha value is -3.16. The molecular formula is C18H23N5O3. The summed E-state index contributed by atoms with van der Waals surface area (Å²) in [4.78, 5) is 28.7. The van der Waals surface area contributed by atoms with Gasteiger partial charge in [-0.1, -0.05) is 18.2 Å². The number of hydrogen-bond acceptors (Lipinski definition) is 5. The van der Waals surface area contributed by atoms with Crippen molar-refractivity contribution in [2.75, 3.05) is 18.0 Å². The molecule has 0 saturated heterocycles. The summed E-state index contributed by atoms with van der Waals surface area (Å²) in [6, 6.07) is 9.70. The monoisotopic (exact) mass is 357 g/mol. The molecule has 0 spiro atoms. The summed E-state index contributed by atoms with van der Waals surface area (Å²) in [6.45, 7) is 6.50. The van der Waals surface area contributed by atoms with E-state index in [0.717, 1.165) is 24.5 Å². The highest BCUT2D eigenvalue weighted by molar-refractivity contribution is 5.73. The maximum Gasteiger partial charge on any atom is 0.315 e. The molecule has 1 aromatic carbocycles. The number of anilines is 1.